The third kappa shape index (κ3) is 7.75. The molecule has 1 aromatic rings. The Balaban J connectivity index is 0.00000363. The monoisotopic (exact) mass is 563 g/mol. The van der Waals surface area contributed by atoms with Gasteiger partial charge in [0.05, 0.1) is 6.54 Å². The molecule has 0 aromatic carbocycles. The van der Waals surface area contributed by atoms with Crippen LogP contribution >= 0.6 is 24.0 Å². The van der Waals surface area contributed by atoms with Crippen LogP contribution in [0.15, 0.2) is 4.99 Å². The van der Waals surface area contributed by atoms with E-state index in [4.69, 9.17) is 9.47 Å². The summed E-state index contributed by atoms with van der Waals surface area (Å²) in [5.41, 5.74) is -0.470. The molecule has 3 rings (SSSR count). The van der Waals surface area contributed by atoms with Crippen molar-refractivity contribution in [1.29, 1.82) is 0 Å². The van der Waals surface area contributed by atoms with Gasteiger partial charge in [0.2, 0.25) is 0 Å². The highest BCUT2D eigenvalue weighted by Crippen LogP contribution is 2.19. The van der Waals surface area contributed by atoms with Crippen LogP contribution in [0.25, 0.3) is 0 Å². The van der Waals surface area contributed by atoms with Gasteiger partial charge in [0, 0.05) is 46.3 Å². The topological polar surface area (TPSA) is 106 Å². The summed E-state index contributed by atoms with van der Waals surface area (Å²) in [5, 5.41) is 11.5. The lowest BCUT2D eigenvalue weighted by molar-refractivity contribution is 0.0168. The summed E-state index contributed by atoms with van der Waals surface area (Å²) in [7, 11) is 3.43. The molecule has 3 heterocycles. The molecule has 1 amide bonds. The number of methoxy groups -OCH3 is 1. The van der Waals surface area contributed by atoms with Crippen LogP contribution in [0.4, 0.5) is 4.79 Å². The molecule has 11 heteroatoms. The quantitative estimate of drug-likeness (QED) is 0.322. The van der Waals surface area contributed by atoms with E-state index < -0.39 is 5.60 Å². The van der Waals surface area contributed by atoms with E-state index in [2.05, 4.69) is 25.7 Å². The summed E-state index contributed by atoms with van der Waals surface area (Å²) in [6, 6.07) is 0.236. The number of hydrogen-bond donors (Lipinski definition) is 2. The number of fused-ring (bicyclic) bond motifs is 1. The summed E-state index contributed by atoms with van der Waals surface area (Å²) in [5.74, 6) is 2.88. The van der Waals surface area contributed by atoms with E-state index in [1.807, 2.05) is 30.4 Å². The maximum absolute atomic E-state index is 12.4. The smallest absolute Gasteiger partial charge is 0.410 e. The van der Waals surface area contributed by atoms with Gasteiger partial charge >= 0.3 is 6.09 Å². The van der Waals surface area contributed by atoms with Gasteiger partial charge in [0.15, 0.2) is 11.8 Å². The summed E-state index contributed by atoms with van der Waals surface area (Å²) in [6.45, 7) is 9.10. The van der Waals surface area contributed by atoms with E-state index in [1.165, 1.54) is 0 Å². The Kier molecular flexibility index (Phi) is 9.99. The Morgan fingerprint density at radius 1 is 1.28 bits per heavy atom. The molecule has 10 nitrogen and oxygen atoms in total. The predicted molar refractivity (Wildman–Crippen MR) is 133 cm³/mol. The van der Waals surface area contributed by atoms with Crippen molar-refractivity contribution >= 4 is 36.0 Å². The summed E-state index contributed by atoms with van der Waals surface area (Å²) in [4.78, 5) is 23.1. The van der Waals surface area contributed by atoms with Gasteiger partial charge in [-0.2, -0.15) is 5.10 Å². The van der Waals surface area contributed by atoms with Crippen molar-refractivity contribution < 1.29 is 14.3 Å². The number of aromatic nitrogens is 3. The van der Waals surface area contributed by atoms with Gasteiger partial charge in [-0.05, 0) is 46.0 Å². The van der Waals surface area contributed by atoms with E-state index in [-0.39, 0.29) is 36.1 Å². The normalized spacial score (nSPS) is 21.4. The molecule has 2 aliphatic heterocycles. The van der Waals surface area contributed by atoms with Gasteiger partial charge < -0.3 is 25.0 Å². The Hall–Kier alpha value is -1.63. The Labute approximate surface area is 207 Å². The number of likely N-dealkylation sites (tertiary alicyclic amines) is 1. The van der Waals surface area contributed by atoms with E-state index in [9.17, 15) is 4.79 Å². The molecule has 2 atom stereocenters. The number of ether oxygens (including phenoxy) is 2. The average molecular weight is 563 g/mol. The van der Waals surface area contributed by atoms with Crippen molar-refractivity contribution in [1.82, 2.24) is 30.3 Å². The lowest BCUT2D eigenvalue weighted by atomic mass is 9.98. The highest BCUT2D eigenvalue weighted by Gasteiger charge is 2.28. The van der Waals surface area contributed by atoms with Crippen molar-refractivity contribution in [3.8, 4) is 0 Å². The number of halogens is 1. The zero-order valence-corrected chi connectivity index (χ0v) is 22.2. The van der Waals surface area contributed by atoms with Crippen molar-refractivity contribution in [2.24, 2.45) is 10.9 Å². The first-order valence-electron chi connectivity index (χ1n) is 11.1. The highest BCUT2D eigenvalue weighted by molar-refractivity contribution is 14.0. The number of carbonyl (C=O) groups is 1. The minimum Gasteiger partial charge on any atom is -0.444 e. The molecule has 0 saturated carbocycles. The zero-order valence-electron chi connectivity index (χ0n) is 19.9. The van der Waals surface area contributed by atoms with E-state index >= 15 is 0 Å². The number of rotatable bonds is 5. The molecule has 1 saturated heterocycles. The first-order chi connectivity index (χ1) is 14.8. The third-order valence-corrected chi connectivity index (χ3v) is 5.47. The number of aliphatic imine (C=N–C) groups is 1. The van der Waals surface area contributed by atoms with Gasteiger partial charge in [0.25, 0.3) is 0 Å². The second-order valence-electron chi connectivity index (χ2n) is 9.33. The van der Waals surface area contributed by atoms with Gasteiger partial charge in [0.1, 0.15) is 18.0 Å². The lowest BCUT2D eigenvalue weighted by Gasteiger charge is -2.34. The van der Waals surface area contributed by atoms with Crippen LogP contribution in [0.3, 0.4) is 0 Å². The second kappa shape index (κ2) is 12.0. The largest absolute Gasteiger partial charge is 0.444 e. The molecule has 2 aliphatic rings. The number of nitrogens with one attached hydrogen (secondary N) is 2. The Morgan fingerprint density at radius 3 is 2.75 bits per heavy atom. The molecule has 32 heavy (non-hydrogen) atoms. The van der Waals surface area contributed by atoms with Crippen LogP contribution in [-0.4, -0.2) is 77.2 Å². The van der Waals surface area contributed by atoms with Crippen LogP contribution in [0, 0.1) is 5.92 Å². The van der Waals surface area contributed by atoms with Crippen LogP contribution in [0.1, 0.15) is 51.7 Å². The summed E-state index contributed by atoms with van der Waals surface area (Å²) in [6.07, 6.45) is 3.69. The predicted octanol–water partition coefficient (Wildman–Crippen LogP) is 2.17. The first kappa shape index (κ1) is 26.6. The number of guanidine groups is 1. The van der Waals surface area contributed by atoms with Crippen molar-refractivity contribution in [3.63, 3.8) is 0 Å². The van der Waals surface area contributed by atoms with Gasteiger partial charge in [-0.25, -0.2) is 14.5 Å². The van der Waals surface area contributed by atoms with Crippen molar-refractivity contribution in [2.45, 2.75) is 71.2 Å². The van der Waals surface area contributed by atoms with Crippen LogP contribution in [-0.2, 0) is 29.0 Å². The highest BCUT2D eigenvalue weighted by atomic mass is 127. The number of hydrogen-bond acceptors (Lipinski definition) is 6. The third-order valence-electron chi connectivity index (χ3n) is 5.47. The minimum atomic E-state index is -0.470. The summed E-state index contributed by atoms with van der Waals surface area (Å²) < 4.78 is 12.6. The number of nitrogens with zero attached hydrogens (tertiary/aromatic N) is 5. The molecule has 1 fully saturated rings. The van der Waals surface area contributed by atoms with E-state index in [1.54, 1.807) is 14.2 Å². The average Bonchev–Trinajstić information content (AvgIpc) is 3.12. The fourth-order valence-corrected chi connectivity index (χ4v) is 4.02. The molecule has 2 unspecified atom stereocenters. The molecule has 0 aliphatic carbocycles. The molecule has 2 N–H and O–H groups in total. The minimum absolute atomic E-state index is 0. The lowest BCUT2D eigenvalue weighted by Crippen LogP contribution is -2.50. The van der Waals surface area contributed by atoms with Crippen molar-refractivity contribution in [3.05, 3.63) is 11.6 Å². The number of piperidine rings is 1. The molecular weight excluding hydrogens is 525 g/mol. The standard InChI is InChI=1S/C21H37N7O3.HI/c1-21(2,3)31-20(29)27-10-6-7-15(12-27)11-23-19(22-4)24-16-8-9-18-25-17(14-30-5)26-28(18)13-16;/h15-16H,6-14H2,1-5H3,(H2,22,23,24);1H. The Morgan fingerprint density at radius 2 is 2.06 bits per heavy atom. The number of amides is 1. The SMILES string of the molecule is CN=C(NCC1CCCN(C(=O)OC(C)(C)C)C1)NC1CCc2nc(COC)nn2C1.I. The molecule has 0 radical (unpaired) electrons. The van der Waals surface area contributed by atoms with Crippen LogP contribution < -0.4 is 10.6 Å². The fraction of sp³-hybridized carbons (Fsp3) is 0.810. The Bertz CT molecular complexity index is 778. The van der Waals surface area contributed by atoms with E-state index in [0.29, 0.717) is 19.1 Å². The molecule has 0 bridgehead atoms. The van der Waals surface area contributed by atoms with Gasteiger partial charge in [-0.1, -0.05) is 0 Å². The number of aryl methyl sites for hydroxylation is 1. The number of carbonyl (C=O) groups excluding carboxylic acids is 1. The van der Waals surface area contributed by atoms with Crippen molar-refractivity contribution in [2.75, 3.05) is 33.8 Å². The molecule has 0 spiro atoms. The maximum atomic E-state index is 12.4. The fourth-order valence-electron chi connectivity index (χ4n) is 4.02. The molecule has 1 aromatic heterocycles. The van der Waals surface area contributed by atoms with Gasteiger partial charge in [-0.3, -0.25) is 4.99 Å². The zero-order chi connectivity index (χ0) is 22.4. The van der Waals surface area contributed by atoms with E-state index in [0.717, 1.165) is 62.9 Å². The molecular formula is C21H38IN7O3. The van der Waals surface area contributed by atoms with Crippen LogP contribution in [0.2, 0.25) is 0 Å². The second-order valence-corrected chi connectivity index (χ2v) is 9.33. The van der Waals surface area contributed by atoms with Crippen LogP contribution in [0.5, 0.6) is 0 Å². The first-order valence-corrected chi connectivity index (χ1v) is 11.1. The summed E-state index contributed by atoms with van der Waals surface area (Å²) >= 11 is 0. The molecule has 182 valence electrons. The van der Waals surface area contributed by atoms with Gasteiger partial charge in [-0.15, -0.1) is 24.0 Å². The maximum Gasteiger partial charge on any atom is 0.410 e.